The van der Waals surface area contributed by atoms with Crippen LogP contribution >= 0.6 is 0 Å². The van der Waals surface area contributed by atoms with Crippen molar-refractivity contribution in [2.24, 2.45) is 11.8 Å². The van der Waals surface area contributed by atoms with E-state index in [2.05, 4.69) is 15.5 Å². The Morgan fingerprint density at radius 1 is 1.21 bits per heavy atom. The standard InChI is InChI=1S/C9H14N4O/c10-8-12-13-9(14-8)11-7(5-1-2-5)6-3-4-6/h5-7H,1-4H2,(H2,10,12)(H,11,13). The third kappa shape index (κ3) is 1.54. The highest BCUT2D eigenvalue weighted by Gasteiger charge is 2.42. The number of nitrogens with two attached hydrogens (primary N) is 1. The van der Waals surface area contributed by atoms with E-state index in [1.54, 1.807) is 0 Å². The van der Waals surface area contributed by atoms with E-state index in [4.69, 9.17) is 10.2 Å². The molecular weight excluding hydrogens is 180 g/mol. The van der Waals surface area contributed by atoms with E-state index >= 15 is 0 Å². The van der Waals surface area contributed by atoms with Crippen LogP contribution in [0.4, 0.5) is 12.0 Å². The van der Waals surface area contributed by atoms with Crippen molar-refractivity contribution in [1.82, 2.24) is 10.2 Å². The van der Waals surface area contributed by atoms with Crippen molar-refractivity contribution < 1.29 is 4.42 Å². The second kappa shape index (κ2) is 2.87. The van der Waals surface area contributed by atoms with Crippen molar-refractivity contribution in [1.29, 1.82) is 0 Å². The van der Waals surface area contributed by atoms with Crippen molar-refractivity contribution in [2.45, 2.75) is 31.7 Å². The Morgan fingerprint density at radius 3 is 2.29 bits per heavy atom. The molecule has 0 aromatic carbocycles. The number of nitrogens with one attached hydrogen (secondary N) is 1. The monoisotopic (exact) mass is 194 g/mol. The second-order valence-electron chi connectivity index (χ2n) is 4.29. The van der Waals surface area contributed by atoms with Crippen molar-refractivity contribution in [3.8, 4) is 0 Å². The lowest BCUT2D eigenvalue weighted by Gasteiger charge is -2.14. The minimum Gasteiger partial charge on any atom is -0.390 e. The molecule has 0 aliphatic heterocycles. The van der Waals surface area contributed by atoms with Gasteiger partial charge in [0.25, 0.3) is 0 Å². The van der Waals surface area contributed by atoms with Crippen LogP contribution in [0.1, 0.15) is 25.7 Å². The maximum Gasteiger partial charge on any atom is 0.317 e. The molecule has 0 atom stereocenters. The summed E-state index contributed by atoms with van der Waals surface area (Å²) in [5, 5.41) is 10.8. The number of rotatable bonds is 4. The fourth-order valence-electron chi connectivity index (χ4n) is 1.97. The summed E-state index contributed by atoms with van der Waals surface area (Å²) in [5.74, 6) is 1.63. The van der Waals surface area contributed by atoms with E-state index in [-0.39, 0.29) is 6.01 Å². The highest BCUT2D eigenvalue weighted by atomic mass is 16.4. The molecule has 0 radical (unpaired) electrons. The number of aromatic nitrogens is 2. The third-order valence-electron chi connectivity index (χ3n) is 2.99. The summed E-state index contributed by atoms with van der Waals surface area (Å²) < 4.78 is 5.11. The fourth-order valence-corrected chi connectivity index (χ4v) is 1.97. The lowest BCUT2D eigenvalue weighted by molar-refractivity contribution is 0.520. The molecule has 0 spiro atoms. The molecule has 2 aliphatic rings. The molecule has 1 aromatic heterocycles. The van der Waals surface area contributed by atoms with Gasteiger partial charge in [0, 0.05) is 6.04 Å². The van der Waals surface area contributed by atoms with Crippen LogP contribution < -0.4 is 11.1 Å². The van der Waals surface area contributed by atoms with E-state index in [1.165, 1.54) is 25.7 Å². The third-order valence-corrected chi connectivity index (χ3v) is 2.99. The van der Waals surface area contributed by atoms with Crippen LogP contribution in [-0.4, -0.2) is 16.2 Å². The van der Waals surface area contributed by atoms with Crippen LogP contribution in [0, 0.1) is 11.8 Å². The molecule has 1 heterocycles. The maximum absolute atomic E-state index is 5.36. The summed E-state index contributed by atoms with van der Waals surface area (Å²) in [4.78, 5) is 0. The van der Waals surface area contributed by atoms with Crippen LogP contribution in [-0.2, 0) is 0 Å². The van der Waals surface area contributed by atoms with Crippen molar-refractivity contribution in [2.75, 3.05) is 11.1 Å². The van der Waals surface area contributed by atoms with Crippen LogP contribution in [0.15, 0.2) is 4.42 Å². The molecule has 0 amide bonds. The van der Waals surface area contributed by atoms with Gasteiger partial charge >= 0.3 is 12.0 Å². The van der Waals surface area contributed by atoms with Gasteiger partial charge < -0.3 is 15.5 Å². The minimum atomic E-state index is 0.137. The molecular formula is C9H14N4O. The molecule has 0 saturated heterocycles. The normalized spacial score (nSPS) is 21.5. The molecule has 14 heavy (non-hydrogen) atoms. The minimum absolute atomic E-state index is 0.137. The molecule has 2 aliphatic carbocycles. The van der Waals surface area contributed by atoms with Gasteiger partial charge in [-0.2, -0.15) is 0 Å². The van der Waals surface area contributed by atoms with Crippen molar-refractivity contribution in [3.05, 3.63) is 0 Å². The Hall–Kier alpha value is -1.26. The SMILES string of the molecule is Nc1nnc(NC(C2CC2)C2CC2)o1. The molecule has 3 rings (SSSR count). The zero-order valence-corrected chi connectivity index (χ0v) is 7.94. The number of anilines is 2. The zero-order valence-electron chi connectivity index (χ0n) is 7.94. The van der Waals surface area contributed by atoms with Gasteiger partial charge in [0.1, 0.15) is 0 Å². The Balaban J connectivity index is 1.68. The first kappa shape index (κ1) is 8.08. The van der Waals surface area contributed by atoms with E-state index in [0.717, 1.165) is 11.8 Å². The highest BCUT2D eigenvalue weighted by Crippen LogP contribution is 2.45. The Kier molecular flexibility index (Phi) is 1.65. The highest BCUT2D eigenvalue weighted by molar-refractivity contribution is 5.26. The topological polar surface area (TPSA) is 77.0 Å². The Morgan fingerprint density at radius 2 is 1.86 bits per heavy atom. The predicted octanol–water partition coefficient (Wildman–Crippen LogP) is 1.25. The number of nitrogens with zero attached hydrogens (tertiary/aromatic N) is 2. The molecule has 0 bridgehead atoms. The number of hydrogen-bond donors (Lipinski definition) is 2. The largest absolute Gasteiger partial charge is 0.390 e. The van der Waals surface area contributed by atoms with Gasteiger partial charge in [0.2, 0.25) is 0 Å². The van der Waals surface area contributed by atoms with Gasteiger partial charge in [0.05, 0.1) is 0 Å². The van der Waals surface area contributed by atoms with Crippen molar-refractivity contribution >= 4 is 12.0 Å². The van der Waals surface area contributed by atoms with E-state index in [1.807, 2.05) is 0 Å². The zero-order chi connectivity index (χ0) is 9.54. The summed E-state index contributed by atoms with van der Waals surface area (Å²) in [5.41, 5.74) is 5.36. The summed E-state index contributed by atoms with van der Waals surface area (Å²) in [7, 11) is 0. The molecule has 3 N–H and O–H groups in total. The van der Waals surface area contributed by atoms with Gasteiger partial charge in [-0.15, -0.1) is 0 Å². The lowest BCUT2D eigenvalue weighted by atomic mass is 10.1. The maximum atomic E-state index is 5.36. The van der Waals surface area contributed by atoms with E-state index in [0.29, 0.717) is 12.1 Å². The molecule has 1 aromatic rings. The van der Waals surface area contributed by atoms with Crippen LogP contribution in [0.3, 0.4) is 0 Å². The van der Waals surface area contributed by atoms with Gasteiger partial charge in [0.15, 0.2) is 0 Å². The molecule has 2 fully saturated rings. The van der Waals surface area contributed by atoms with Crippen molar-refractivity contribution in [3.63, 3.8) is 0 Å². The summed E-state index contributed by atoms with van der Waals surface area (Å²) in [6.07, 6.45) is 5.32. The summed E-state index contributed by atoms with van der Waals surface area (Å²) in [6.45, 7) is 0. The summed E-state index contributed by atoms with van der Waals surface area (Å²) in [6, 6.07) is 1.15. The average molecular weight is 194 g/mol. The quantitative estimate of drug-likeness (QED) is 0.754. The van der Waals surface area contributed by atoms with Crippen LogP contribution in [0.25, 0.3) is 0 Å². The Bertz CT molecular complexity index is 317. The molecule has 5 heteroatoms. The lowest BCUT2D eigenvalue weighted by Crippen LogP contribution is -2.24. The van der Waals surface area contributed by atoms with Gasteiger partial charge in [-0.1, -0.05) is 10.2 Å². The van der Waals surface area contributed by atoms with Gasteiger partial charge in [-0.3, -0.25) is 0 Å². The van der Waals surface area contributed by atoms with Gasteiger partial charge in [-0.25, -0.2) is 0 Å². The molecule has 2 saturated carbocycles. The van der Waals surface area contributed by atoms with Crippen LogP contribution in [0.2, 0.25) is 0 Å². The average Bonchev–Trinajstić information content (AvgIpc) is 3.04. The predicted molar refractivity (Wildman–Crippen MR) is 51.6 cm³/mol. The first-order valence-electron chi connectivity index (χ1n) is 5.18. The smallest absolute Gasteiger partial charge is 0.317 e. The number of nitrogen functional groups attached to an aromatic ring is 1. The van der Waals surface area contributed by atoms with E-state index < -0.39 is 0 Å². The van der Waals surface area contributed by atoms with E-state index in [9.17, 15) is 0 Å². The number of hydrogen-bond acceptors (Lipinski definition) is 5. The molecule has 5 nitrogen and oxygen atoms in total. The second-order valence-corrected chi connectivity index (χ2v) is 4.29. The first-order valence-corrected chi connectivity index (χ1v) is 5.18. The summed E-state index contributed by atoms with van der Waals surface area (Å²) >= 11 is 0. The van der Waals surface area contributed by atoms with Gasteiger partial charge in [-0.05, 0) is 37.5 Å². The molecule has 76 valence electrons. The van der Waals surface area contributed by atoms with Crippen LogP contribution in [0.5, 0.6) is 0 Å². The fraction of sp³-hybridized carbons (Fsp3) is 0.778. The Labute approximate surface area is 82.1 Å². The molecule has 0 unspecified atom stereocenters. The first-order chi connectivity index (χ1) is 6.83.